The molecule has 0 spiro atoms. The summed E-state index contributed by atoms with van der Waals surface area (Å²) in [7, 11) is 0. The number of hydrogen-bond donors (Lipinski definition) is 1. The highest BCUT2D eigenvalue weighted by atomic mass is 19.1. The zero-order valence-electron chi connectivity index (χ0n) is 13.7. The van der Waals surface area contributed by atoms with E-state index in [2.05, 4.69) is 31.0 Å². The molecule has 0 saturated carbocycles. The second-order valence-corrected chi connectivity index (χ2v) is 6.82. The van der Waals surface area contributed by atoms with Crippen LogP contribution in [0.2, 0.25) is 0 Å². The van der Waals surface area contributed by atoms with E-state index in [4.69, 9.17) is 0 Å². The van der Waals surface area contributed by atoms with Crippen molar-refractivity contribution in [2.24, 2.45) is 11.8 Å². The fourth-order valence-corrected chi connectivity index (χ4v) is 3.00. The van der Waals surface area contributed by atoms with Crippen molar-refractivity contribution in [1.82, 2.24) is 5.32 Å². The summed E-state index contributed by atoms with van der Waals surface area (Å²) in [6.07, 6.45) is 3.77. The number of halogens is 1. The number of benzene rings is 1. The van der Waals surface area contributed by atoms with Gasteiger partial charge in [-0.3, -0.25) is 0 Å². The van der Waals surface area contributed by atoms with Crippen molar-refractivity contribution >= 4 is 5.69 Å². The minimum atomic E-state index is -0.136. The lowest BCUT2D eigenvalue weighted by molar-refractivity contribution is 0.521. The number of rotatable bonds is 5. The molecule has 3 heteroatoms. The molecule has 0 aromatic heterocycles. The van der Waals surface area contributed by atoms with Gasteiger partial charge in [-0.2, -0.15) is 0 Å². The van der Waals surface area contributed by atoms with Gasteiger partial charge in [0.1, 0.15) is 5.82 Å². The molecule has 1 fully saturated rings. The molecule has 0 amide bonds. The highest BCUT2D eigenvalue weighted by molar-refractivity contribution is 5.54. The van der Waals surface area contributed by atoms with E-state index in [1.807, 2.05) is 6.07 Å². The average molecular weight is 292 g/mol. The van der Waals surface area contributed by atoms with E-state index in [1.165, 1.54) is 24.9 Å². The third-order valence-electron chi connectivity index (χ3n) is 4.27. The molecule has 1 aliphatic heterocycles. The number of nitrogens with one attached hydrogen (secondary N) is 1. The lowest BCUT2D eigenvalue weighted by atomic mass is 10.0. The van der Waals surface area contributed by atoms with Crippen LogP contribution in [0.15, 0.2) is 18.2 Å². The van der Waals surface area contributed by atoms with Gasteiger partial charge in [-0.15, -0.1) is 0 Å². The van der Waals surface area contributed by atoms with Gasteiger partial charge in [0, 0.05) is 25.3 Å². The van der Waals surface area contributed by atoms with Crippen LogP contribution in [0.4, 0.5) is 10.1 Å². The second-order valence-electron chi connectivity index (χ2n) is 6.82. The number of nitrogens with zero attached hydrogens (tertiary/aromatic N) is 1. The minimum absolute atomic E-state index is 0.136. The van der Waals surface area contributed by atoms with E-state index in [9.17, 15) is 4.39 Å². The highest BCUT2D eigenvalue weighted by Gasteiger charge is 2.17. The van der Waals surface area contributed by atoms with Crippen LogP contribution in [-0.2, 0) is 6.54 Å². The Morgan fingerprint density at radius 2 is 2.10 bits per heavy atom. The first-order chi connectivity index (χ1) is 10.1. The number of anilines is 1. The summed E-state index contributed by atoms with van der Waals surface area (Å²) in [6, 6.07) is 5.24. The molecule has 0 bridgehead atoms. The van der Waals surface area contributed by atoms with Gasteiger partial charge in [0.25, 0.3) is 0 Å². The van der Waals surface area contributed by atoms with Crippen LogP contribution in [0.1, 0.15) is 45.6 Å². The van der Waals surface area contributed by atoms with Crippen LogP contribution in [0, 0.1) is 17.7 Å². The second kappa shape index (κ2) is 7.79. The lowest BCUT2D eigenvalue weighted by Crippen LogP contribution is -2.27. The van der Waals surface area contributed by atoms with Crippen LogP contribution < -0.4 is 10.2 Å². The van der Waals surface area contributed by atoms with Crippen molar-refractivity contribution in [3.05, 3.63) is 29.6 Å². The third-order valence-corrected chi connectivity index (χ3v) is 4.27. The maximum atomic E-state index is 13.6. The SMILES string of the molecule is CC(C)CNCc1cc(F)ccc1N1CCCC(C)CC1. The highest BCUT2D eigenvalue weighted by Crippen LogP contribution is 2.26. The van der Waals surface area contributed by atoms with Crippen LogP contribution >= 0.6 is 0 Å². The van der Waals surface area contributed by atoms with Crippen molar-refractivity contribution < 1.29 is 4.39 Å². The van der Waals surface area contributed by atoms with Gasteiger partial charge in [0.2, 0.25) is 0 Å². The molecule has 2 rings (SSSR count). The summed E-state index contributed by atoms with van der Waals surface area (Å²) >= 11 is 0. The fourth-order valence-electron chi connectivity index (χ4n) is 3.00. The van der Waals surface area contributed by atoms with Gasteiger partial charge < -0.3 is 10.2 Å². The molecular weight excluding hydrogens is 263 g/mol. The van der Waals surface area contributed by atoms with Crippen molar-refractivity contribution in [3.63, 3.8) is 0 Å². The molecule has 1 saturated heterocycles. The standard InChI is InChI=1S/C18H29FN2/c1-14(2)12-20-13-16-11-17(19)6-7-18(16)21-9-4-5-15(3)8-10-21/h6-7,11,14-15,20H,4-5,8-10,12-13H2,1-3H3. The fraction of sp³-hybridized carbons (Fsp3) is 0.667. The zero-order chi connectivity index (χ0) is 15.2. The Kier molecular flexibility index (Phi) is 6.04. The van der Waals surface area contributed by atoms with Crippen molar-refractivity contribution in [3.8, 4) is 0 Å². The minimum Gasteiger partial charge on any atom is -0.371 e. The van der Waals surface area contributed by atoms with Gasteiger partial charge in [0.15, 0.2) is 0 Å². The molecule has 1 aliphatic rings. The topological polar surface area (TPSA) is 15.3 Å². The molecule has 1 N–H and O–H groups in total. The van der Waals surface area contributed by atoms with E-state index < -0.39 is 0 Å². The van der Waals surface area contributed by atoms with Gasteiger partial charge in [-0.1, -0.05) is 20.8 Å². The molecule has 1 aromatic rings. The van der Waals surface area contributed by atoms with E-state index >= 15 is 0 Å². The van der Waals surface area contributed by atoms with Gasteiger partial charge >= 0.3 is 0 Å². The molecule has 1 unspecified atom stereocenters. The van der Waals surface area contributed by atoms with E-state index in [1.54, 1.807) is 12.1 Å². The van der Waals surface area contributed by atoms with Gasteiger partial charge in [-0.05, 0) is 61.4 Å². The summed E-state index contributed by atoms with van der Waals surface area (Å²) < 4.78 is 13.6. The van der Waals surface area contributed by atoms with Gasteiger partial charge in [0.05, 0.1) is 0 Å². The first-order valence-corrected chi connectivity index (χ1v) is 8.30. The molecule has 1 aromatic carbocycles. The van der Waals surface area contributed by atoms with E-state index in [-0.39, 0.29) is 5.82 Å². The predicted octanol–water partition coefficient (Wildman–Crippen LogP) is 4.20. The molecule has 1 heterocycles. The Morgan fingerprint density at radius 3 is 2.86 bits per heavy atom. The molecule has 1 atom stereocenters. The maximum absolute atomic E-state index is 13.6. The Hall–Kier alpha value is -1.09. The first kappa shape index (κ1) is 16.3. The Morgan fingerprint density at radius 1 is 1.29 bits per heavy atom. The summed E-state index contributed by atoms with van der Waals surface area (Å²) in [6.45, 7) is 10.6. The van der Waals surface area contributed by atoms with Crippen LogP contribution in [-0.4, -0.2) is 19.6 Å². The molecule has 2 nitrogen and oxygen atoms in total. The molecule has 0 radical (unpaired) electrons. The average Bonchev–Trinajstić information content (AvgIpc) is 2.63. The summed E-state index contributed by atoms with van der Waals surface area (Å²) in [5.41, 5.74) is 2.30. The van der Waals surface area contributed by atoms with E-state index in [0.717, 1.165) is 37.7 Å². The van der Waals surface area contributed by atoms with Crippen LogP contribution in [0.25, 0.3) is 0 Å². The summed E-state index contributed by atoms with van der Waals surface area (Å²) in [4.78, 5) is 2.44. The lowest BCUT2D eigenvalue weighted by Gasteiger charge is -2.26. The zero-order valence-corrected chi connectivity index (χ0v) is 13.7. The summed E-state index contributed by atoms with van der Waals surface area (Å²) in [5, 5.41) is 3.44. The Balaban J connectivity index is 2.09. The largest absolute Gasteiger partial charge is 0.371 e. The molecule has 0 aliphatic carbocycles. The summed E-state index contributed by atoms with van der Waals surface area (Å²) in [5.74, 6) is 1.28. The maximum Gasteiger partial charge on any atom is 0.123 e. The van der Waals surface area contributed by atoms with Crippen molar-refractivity contribution in [2.45, 2.75) is 46.6 Å². The first-order valence-electron chi connectivity index (χ1n) is 8.30. The normalized spacial score (nSPS) is 19.9. The Labute approximate surface area is 128 Å². The smallest absolute Gasteiger partial charge is 0.123 e. The van der Waals surface area contributed by atoms with Crippen LogP contribution in [0.5, 0.6) is 0 Å². The monoisotopic (exact) mass is 292 g/mol. The molecular formula is C18H29FN2. The molecule has 21 heavy (non-hydrogen) atoms. The Bertz CT molecular complexity index is 445. The van der Waals surface area contributed by atoms with Crippen molar-refractivity contribution in [2.75, 3.05) is 24.5 Å². The predicted molar refractivity (Wildman–Crippen MR) is 88.2 cm³/mol. The van der Waals surface area contributed by atoms with E-state index in [0.29, 0.717) is 5.92 Å². The van der Waals surface area contributed by atoms with Crippen molar-refractivity contribution in [1.29, 1.82) is 0 Å². The quantitative estimate of drug-likeness (QED) is 0.875. The molecule has 118 valence electrons. The third kappa shape index (κ3) is 4.99. The number of hydrogen-bond acceptors (Lipinski definition) is 2. The van der Waals surface area contributed by atoms with Gasteiger partial charge in [-0.25, -0.2) is 4.39 Å². The van der Waals surface area contributed by atoms with Crippen LogP contribution in [0.3, 0.4) is 0 Å².